The van der Waals surface area contributed by atoms with Gasteiger partial charge in [-0.05, 0) is 50.4 Å². The molecule has 0 saturated carbocycles. The van der Waals surface area contributed by atoms with Gasteiger partial charge >= 0.3 is 12.1 Å². The van der Waals surface area contributed by atoms with E-state index in [-0.39, 0.29) is 5.69 Å². The first-order valence-corrected chi connectivity index (χ1v) is 8.48. The normalized spacial score (nSPS) is 10.9. The molecule has 1 aromatic carbocycles. The smallest absolute Gasteiger partial charge is 0.412 e. The van der Waals surface area contributed by atoms with Crippen molar-refractivity contribution in [3.8, 4) is 0 Å². The molecule has 3 amide bonds. The molecule has 2 aromatic rings. The maximum Gasteiger partial charge on any atom is 0.412 e. The minimum absolute atomic E-state index is 0.0784. The molecule has 2 rings (SSSR count). The van der Waals surface area contributed by atoms with E-state index in [1.54, 1.807) is 20.8 Å². The molecule has 0 aliphatic rings. The highest BCUT2D eigenvalue weighted by atomic mass is 32.1. The Hall–Kier alpha value is -2.61. The lowest BCUT2D eigenvalue weighted by Gasteiger charge is -2.20. The zero-order valence-electron chi connectivity index (χ0n) is 14.2. The van der Waals surface area contributed by atoms with E-state index in [0.29, 0.717) is 12.2 Å². The number of thiophene rings is 1. The number of ether oxygens (including phenoxy) is 1. The minimum Gasteiger partial charge on any atom is -0.444 e. The monoisotopic (exact) mass is 365 g/mol. The molecule has 0 aliphatic carbocycles. The predicted molar refractivity (Wildman–Crippen MR) is 96.4 cm³/mol. The van der Waals surface area contributed by atoms with Crippen molar-refractivity contribution < 1.29 is 18.7 Å². The average Bonchev–Trinajstić information content (AvgIpc) is 3.00. The fourth-order valence-corrected chi connectivity index (χ4v) is 2.51. The molecule has 134 valence electrons. The van der Waals surface area contributed by atoms with Crippen molar-refractivity contribution in [2.45, 2.75) is 32.9 Å². The summed E-state index contributed by atoms with van der Waals surface area (Å²) in [7, 11) is 0. The molecule has 3 N–H and O–H groups in total. The standard InChI is InChI=1S/C17H20FN3O3S/c1-17(2,3)24-16(23)21-14-9-11(6-7-13(14)18)20-15(22)19-10-12-5-4-8-25-12/h4-9H,10H2,1-3H3,(H,21,23)(H2,19,20,22). The van der Waals surface area contributed by atoms with Crippen LogP contribution in [0.15, 0.2) is 35.7 Å². The van der Waals surface area contributed by atoms with Gasteiger partial charge in [0.05, 0.1) is 12.2 Å². The van der Waals surface area contributed by atoms with E-state index in [4.69, 9.17) is 4.74 Å². The highest BCUT2D eigenvalue weighted by Crippen LogP contribution is 2.21. The van der Waals surface area contributed by atoms with Crippen LogP contribution in [0.2, 0.25) is 0 Å². The molecule has 0 saturated heterocycles. The molecule has 0 unspecified atom stereocenters. The first-order valence-electron chi connectivity index (χ1n) is 7.60. The number of carbonyl (C=O) groups is 2. The van der Waals surface area contributed by atoms with Crippen molar-refractivity contribution in [1.82, 2.24) is 5.32 Å². The van der Waals surface area contributed by atoms with Crippen LogP contribution in [0.4, 0.5) is 25.4 Å². The first-order chi connectivity index (χ1) is 11.7. The molecule has 0 spiro atoms. The van der Waals surface area contributed by atoms with E-state index < -0.39 is 23.5 Å². The molecule has 6 nitrogen and oxygen atoms in total. The average molecular weight is 365 g/mol. The van der Waals surface area contributed by atoms with Gasteiger partial charge in [-0.2, -0.15) is 0 Å². The summed E-state index contributed by atoms with van der Waals surface area (Å²) in [6.07, 6.45) is -0.773. The van der Waals surface area contributed by atoms with E-state index >= 15 is 0 Å². The van der Waals surface area contributed by atoms with E-state index in [0.717, 1.165) is 10.9 Å². The van der Waals surface area contributed by atoms with Gasteiger partial charge in [0.2, 0.25) is 0 Å². The lowest BCUT2D eigenvalue weighted by atomic mass is 10.2. The predicted octanol–water partition coefficient (Wildman–Crippen LogP) is 4.56. The number of halogens is 1. The Morgan fingerprint density at radius 1 is 1.20 bits per heavy atom. The molecule has 0 radical (unpaired) electrons. The molecule has 1 heterocycles. The zero-order chi connectivity index (χ0) is 18.4. The Kier molecular flexibility index (Phi) is 5.97. The number of rotatable bonds is 4. The van der Waals surface area contributed by atoms with Crippen LogP contribution in [0, 0.1) is 5.82 Å². The summed E-state index contributed by atoms with van der Waals surface area (Å²) in [6.45, 7) is 5.52. The number of anilines is 2. The van der Waals surface area contributed by atoms with Gasteiger partial charge in [-0.3, -0.25) is 5.32 Å². The van der Waals surface area contributed by atoms with Gasteiger partial charge in [0.25, 0.3) is 0 Å². The van der Waals surface area contributed by atoms with Crippen molar-refractivity contribution in [2.24, 2.45) is 0 Å². The van der Waals surface area contributed by atoms with Gasteiger partial charge in [0.15, 0.2) is 0 Å². The number of hydrogen-bond acceptors (Lipinski definition) is 4. The van der Waals surface area contributed by atoms with E-state index in [1.165, 1.54) is 23.5 Å². The molecule has 8 heteroatoms. The number of nitrogens with one attached hydrogen (secondary N) is 3. The zero-order valence-corrected chi connectivity index (χ0v) is 15.0. The maximum absolute atomic E-state index is 13.8. The number of urea groups is 1. The quantitative estimate of drug-likeness (QED) is 0.743. The molecule has 0 atom stereocenters. The third-order valence-electron chi connectivity index (χ3n) is 2.86. The fourth-order valence-electron chi connectivity index (χ4n) is 1.87. The SMILES string of the molecule is CC(C)(C)OC(=O)Nc1cc(NC(=O)NCc2cccs2)ccc1F. The van der Waals surface area contributed by atoms with Gasteiger partial charge < -0.3 is 15.4 Å². The lowest BCUT2D eigenvalue weighted by Crippen LogP contribution is -2.28. The molecular weight excluding hydrogens is 345 g/mol. The number of amides is 3. The number of benzene rings is 1. The van der Waals surface area contributed by atoms with Crippen LogP contribution < -0.4 is 16.0 Å². The summed E-state index contributed by atoms with van der Waals surface area (Å²) in [5, 5.41) is 9.53. The van der Waals surface area contributed by atoms with Crippen LogP contribution in [-0.4, -0.2) is 17.7 Å². The highest BCUT2D eigenvalue weighted by Gasteiger charge is 2.17. The number of carbonyl (C=O) groups excluding carboxylic acids is 2. The third-order valence-corrected chi connectivity index (χ3v) is 3.74. The second-order valence-electron chi connectivity index (χ2n) is 6.21. The molecular formula is C17H20FN3O3S. The van der Waals surface area contributed by atoms with E-state index in [9.17, 15) is 14.0 Å². The first kappa shape index (κ1) is 18.7. The largest absolute Gasteiger partial charge is 0.444 e. The van der Waals surface area contributed by atoms with Gasteiger partial charge in [-0.25, -0.2) is 14.0 Å². The molecule has 0 aliphatic heterocycles. The van der Waals surface area contributed by atoms with E-state index in [1.807, 2.05) is 17.5 Å². The summed E-state index contributed by atoms with van der Waals surface area (Å²) < 4.78 is 18.9. The molecule has 1 aromatic heterocycles. The third kappa shape index (κ3) is 6.42. The molecule has 0 bridgehead atoms. The number of hydrogen-bond donors (Lipinski definition) is 3. The maximum atomic E-state index is 13.8. The fraction of sp³-hybridized carbons (Fsp3) is 0.294. The van der Waals surface area contributed by atoms with Crippen molar-refractivity contribution in [3.05, 3.63) is 46.4 Å². The Balaban J connectivity index is 1.95. The van der Waals surface area contributed by atoms with Crippen LogP contribution in [0.1, 0.15) is 25.6 Å². The van der Waals surface area contributed by atoms with Crippen LogP contribution in [-0.2, 0) is 11.3 Å². The second kappa shape index (κ2) is 7.98. The minimum atomic E-state index is -0.773. The van der Waals surface area contributed by atoms with Crippen LogP contribution in [0.25, 0.3) is 0 Å². The second-order valence-corrected chi connectivity index (χ2v) is 7.24. The lowest BCUT2D eigenvalue weighted by molar-refractivity contribution is 0.0635. The summed E-state index contributed by atoms with van der Waals surface area (Å²) >= 11 is 1.53. The summed E-state index contributed by atoms with van der Waals surface area (Å²) in [5.74, 6) is -0.629. The highest BCUT2D eigenvalue weighted by molar-refractivity contribution is 7.09. The molecule has 0 fully saturated rings. The van der Waals surface area contributed by atoms with E-state index in [2.05, 4.69) is 16.0 Å². The summed E-state index contributed by atoms with van der Waals surface area (Å²) in [6, 6.07) is 7.26. The van der Waals surface area contributed by atoms with Crippen LogP contribution in [0.3, 0.4) is 0 Å². The Morgan fingerprint density at radius 3 is 2.60 bits per heavy atom. The van der Waals surface area contributed by atoms with Crippen molar-refractivity contribution in [3.63, 3.8) is 0 Å². The van der Waals surface area contributed by atoms with Crippen LogP contribution in [0.5, 0.6) is 0 Å². The Labute approximate surface area is 149 Å². The van der Waals surface area contributed by atoms with Gasteiger partial charge in [-0.1, -0.05) is 6.07 Å². The van der Waals surface area contributed by atoms with Gasteiger partial charge in [-0.15, -0.1) is 11.3 Å². The van der Waals surface area contributed by atoms with Gasteiger partial charge in [0.1, 0.15) is 11.4 Å². The van der Waals surface area contributed by atoms with Crippen molar-refractivity contribution in [2.75, 3.05) is 10.6 Å². The van der Waals surface area contributed by atoms with Gasteiger partial charge in [0, 0.05) is 10.6 Å². The molecule has 25 heavy (non-hydrogen) atoms. The Bertz CT molecular complexity index is 742. The Morgan fingerprint density at radius 2 is 1.96 bits per heavy atom. The van der Waals surface area contributed by atoms with Crippen molar-refractivity contribution >= 4 is 34.8 Å². The van der Waals surface area contributed by atoms with Crippen molar-refractivity contribution in [1.29, 1.82) is 0 Å². The summed E-state index contributed by atoms with van der Waals surface area (Å²) in [5.41, 5.74) is -0.431. The summed E-state index contributed by atoms with van der Waals surface area (Å²) in [4.78, 5) is 24.7. The van der Waals surface area contributed by atoms with Crippen LogP contribution >= 0.6 is 11.3 Å². The topological polar surface area (TPSA) is 79.5 Å².